The molecule has 1 saturated carbocycles. The van der Waals surface area contributed by atoms with E-state index in [4.69, 9.17) is 0 Å². The monoisotopic (exact) mass is 197 g/mol. The van der Waals surface area contributed by atoms with Gasteiger partial charge in [0, 0.05) is 6.04 Å². The molecule has 0 bridgehead atoms. The SMILES string of the molecule is CCCNC1CCCC(CC(C)C)C1. The van der Waals surface area contributed by atoms with Crippen molar-refractivity contribution in [1.29, 1.82) is 0 Å². The Morgan fingerprint density at radius 3 is 2.71 bits per heavy atom. The number of nitrogens with one attached hydrogen (secondary N) is 1. The van der Waals surface area contributed by atoms with Gasteiger partial charge in [-0.15, -0.1) is 0 Å². The van der Waals surface area contributed by atoms with E-state index in [0.29, 0.717) is 0 Å². The second-order valence-electron chi connectivity index (χ2n) is 5.31. The third-order valence-corrected chi connectivity index (χ3v) is 3.27. The number of rotatable bonds is 5. The lowest BCUT2D eigenvalue weighted by Gasteiger charge is -2.30. The molecule has 0 saturated heterocycles. The standard InChI is InChI=1S/C13H27N/c1-4-8-14-13-7-5-6-12(10-13)9-11(2)3/h11-14H,4-10H2,1-3H3. The van der Waals surface area contributed by atoms with Crippen LogP contribution in [0.15, 0.2) is 0 Å². The molecule has 1 heteroatoms. The van der Waals surface area contributed by atoms with Gasteiger partial charge in [0.05, 0.1) is 0 Å². The molecule has 1 aliphatic rings. The van der Waals surface area contributed by atoms with Crippen molar-refractivity contribution in [3.8, 4) is 0 Å². The molecule has 1 rings (SSSR count). The van der Waals surface area contributed by atoms with Gasteiger partial charge in [-0.2, -0.15) is 0 Å². The van der Waals surface area contributed by atoms with Gasteiger partial charge in [-0.25, -0.2) is 0 Å². The van der Waals surface area contributed by atoms with E-state index in [9.17, 15) is 0 Å². The van der Waals surface area contributed by atoms with Crippen LogP contribution < -0.4 is 5.32 Å². The molecule has 0 aromatic heterocycles. The molecule has 2 unspecified atom stereocenters. The third kappa shape index (κ3) is 4.45. The fraction of sp³-hybridized carbons (Fsp3) is 1.00. The summed E-state index contributed by atoms with van der Waals surface area (Å²) in [5.41, 5.74) is 0. The Kier molecular flexibility index (Phi) is 5.54. The summed E-state index contributed by atoms with van der Waals surface area (Å²) in [6.45, 7) is 8.16. The van der Waals surface area contributed by atoms with Crippen LogP contribution in [0.5, 0.6) is 0 Å². The molecule has 0 amide bonds. The van der Waals surface area contributed by atoms with Gasteiger partial charge in [0.15, 0.2) is 0 Å². The summed E-state index contributed by atoms with van der Waals surface area (Å²) >= 11 is 0. The van der Waals surface area contributed by atoms with E-state index in [2.05, 4.69) is 26.1 Å². The molecular formula is C13H27N. The Morgan fingerprint density at radius 1 is 1.29 bits per heavy atom. The summed E-state index contributed by atoms with van der Waals surface area (Å²) in [5, 5.41) is 3.67. The van der Waals surface area contributed by atoms with Gasteiger partial charge in [0.2, 0.25) is 0 Å². The van der Waals surface area contributed by atoms with Gasteiger partial charge in [-0.3, -0.25) is 0 Å². The fourth-order valence-electron chi connectivity index (χ4n) is 2.71. The summed E-state index contributed by atoms with van der Waals surface area (Å²) in [7, 11) is 0. The van der Waals surface area contributed by atoms with E-state index >= 15 is 0 Å². The van der Waals surface area contributed by atoms with Crippen molar-refractivity contribution in [3.63, 3.8) is 0 Å². The summed E-state index contributed by atoms with van der Waals surface area (Å²) < 4.78 is 0. The minimum atomic E-state index is 0.826. The van der Waals surface area contributed by atoms with Crippen LogP contribution in [0, 0.1) is 11.8 Å². The second kappa shape index (κ2) is 6.44. The van der Waals surface area contributed by atoms with Gasteiger partial charge in [-0.05, 0) is 44.1 Å². The topological polar surface area (TPSA) is 12.0 Å². The van der Waals surface area contributed by atoms with E-state index in [1.807, 2.05) is 0 Å². The predicted molar refractivity (Wildman–Crippen MR) is 63.5 cm³/mol. The molecule has 2 atom stereocenters. The maximum Gasteiger partial charge on any atom is 0.00697 e. The van der Waals surface area contributed by atoms with Gasteiger partial charge < -0.3 is 5.32 Å². The highest BCUT2D eigenvalue weighted by Crippen LogP contribution is 2.29. The van der Waals surface area contributed by atoms with Crippen molar-refractivity contribution in [3.05, 3.63) is 0 Å². The molecule has 1 nitrogen and oxygen atoms in total. The Balaban J connectivity index is 2.21. The first kappa shape index (κ1) is 12.0. The van der Waals surface area contributed by atoms with E-state index in [-0.39, 0.29) is 0 Å². The minimum absolute atomic E-state index is 0.826. The van der Waals surface area contributed by atoms with Crippen LogP contribution in [0.3, 0.4) is 0 Å². The van der Waals surface area contributed by atoms with Crippen LogP contribution in [-0.4, -0.2) is 12.6 Å². The first-order valence-corrected chi connectivity index (χ1v) is 6.45. The van der Waals surface area contributed by atoms with Crippen molar-refractivity contribution < 1.29 is 0 Å². The molecule has 0 spiro atoms. The first-order chi connectivity index (χ1) is 6.72. The lowest BCUT2D eigenvalue weighted by Crippen LogP contribution is -2.34. The molecule has 1 aliphatic carbocycles. The number of hydrogen-bond donors (Lipinski definition) is 1. The Morgan fingerprint density at radius 2 is 2.07 bits per heavy atom. The molecular weight excluding hydrogens is 170 g/mol. The zero-order chi connectivity index (χ0) is 10.4. The zero-order valence-corrected chi connectivity index (χ0v) is 10.2. The molecule has 0 aromatic rings. The highest BCUT2D eigenvalue weighted by molar-refractivity contribution is 4.78. The molecule has 84 valence electrons. The molecule has 14 heavy (non-hydrogen) atoms. The largest absolute Gasteiger partial charge is 0.314 e. The van der Waals surface area contributed by atoms with Gasteiger partial charge in [-0.1, -0.05) is 33.6 Å². The maximum atomic E-state index is 3.67. The molecule has 1 fully saturated rings. The van der Waals surface area contributed by atoms with E-state index in [1.54, 1.807) is 0 Å². The van der Waals surface area contributed by atoms with Gasteiger partial charge >= 0.3 is 0 Å². The summed E-state index contributed by atoms with van der Waals surface area (Å²) in [6.07, 6.45) is 8.46. The highest BCUT2D eigenvalue weighted by atomic mass is 14.9. The van der Waals surface area contributed by atoms with Crippen molar-refractivity contribution >= 4 is 0 Å². The lowest BCUT2D eigenvalue weighted by atomic mass is 9.81. The highest BCUT2D eigenvalue weighted by Gasteiger charge is 2.21. The average Bonchev–Trinajstić information content (AvgIpc) is 2.14. The fourth-order valence-corrected chi connectivity index (χ4v) is 2.71. The maximum absolute atomic E-state index is 3.67. The summed E-state index contributed by atoms with van der Waals surface area (Å²) in [5.74, 6) is 1.88. The van der Waals surface area contributed by atoms with Crippen molar-refractivity contribution in [1.82, 2.24) is 5.32 Å². The molecule has 0 radical (unpaired) electrons. The summed E-state index contributed by atoms with van der Waals surface area (Å²) in [4.78, 5) is 0. The van der Waals surface area contributed by atoms with Gasteiger partial charge in [0.1, 0.15) is 0 Å². The summed E-state index contributed by atoms with van der Waals surface area (Å²) in [6, 6.07) is 0.826. The van der Waals surface area contributed by atoms with E-state index < -0.39 is 0 Å². The first-order valence-electron chi connectivity index (χ1n) is 6.45. The van der Waals surface area contributed by atoms with Crippen LogP contribution in [-0.2, 0) is 0 Å². The van der Waals surface area contributed by atoms with Crippen LogP contribution in [0.4, 0.5) is 0 Å². The zero-order valence-electron chi connectivity index (χ0n) is 10.2. The Labute approximate surface area is 89.7 Å². The average molecular weight is 197 g/mol. The van der Waals surface area contributed by atoms with Crippen LogP contribution in [0.1, 0.15) is 59.3 Å². The minimum Gasteiger partial charge on any atom is -0.314 e. The number of hydrogen-bond acceptors (Lipinski definition) is 1. The molecule has 0 heterocycles. The molecule has 0 aliphatic heterocycles. The Hall–Kier alpha value is -0.0400. The predicted octanol–water partition coefficient (Wildman–Crippen LogP) is 3.59. The third-order valence-electron chi connectivity index (χ3n) is 3.27. The lowest BCUT2D eigenvalue weighted by molar-refractivity contribution is 0.253. The van der Waals surface area contributed by atoms with E-state index in [0.717, 1.165) is 17.9 Å². The van der Waals surface area contributed by atoms with E-state index in [1.165, 1.54) is 45.1 Å². The van der Waals surface area contributed by atoms with Crippen molar-refractivity contribution in [2.45, 2.75) is 65.3 Å². The molecule has 0 aromatic carbocycles. The van der Waals surface area contributed by atoms with Gasteiger partial charge in [0.25, 0.3) is 0 Å². The van der Waals surface area contributed by atoms with Crippen LogP contribution >= 0.6 is 0 Å². The smallest absolute Gasteiger partial charge is 0.00697 e. The van der Waals surface area contributed by atoms with Crippen molar-refractivity contribution in [2.75, 3.05) is 6.54 Å². The molecule has 1 N–H and O–H groups in total. The van der Waals surface area contributed by atoms with Crippen LogP contribution in [0.2, 0.25) is 0 Å². The quantitative estimate of drug-likeness (QED) is 0.710. The van der Waals surface area contributed by atoms with Crippen molar-refractivity contribution in [2.24, 2.45) is 11.8 Å². The second-order valence-corrected chi connectivity index (χ2v) is 5.31. The van der Waals surface area contributed by atoms with Crippen LogP contribution in [0.25, 0.3) is 0 Å². The normalized spacial score (nSPS) is 28.3. The Bertz CT molecular complexity index is 142.